The van der Waals surface area contributed by atoms with Crippen LogP contribution in [0.4, 0.5) is 5.82 Å². The number of nitrogens with two attached hydrogens (primary N) is 1. The van der Waals surface area contributed by atoms with E-state index in [1.807, 2.05) is 12.1 Å². The fourth-order valence-corrected chi connectivity index (χ4v) is 2.37. The Morgan fingerprint density at radius 2 is 2.05 bits per heavy atom. The minimum absolute atomic E-state index is 0.522. The van der Waals surface area contributed by atoms with Crippen LogP contribution in [0.3, 0.4) is 0 Å². The number of hydrogen-bond acceptors (Lipinski definition) is 4. The van der Waals surface area contributed by atoms with E-state index >= 15 is 0 Å². The second kappa shape index (κ2) is 4.63. The van der Waals surface area contributed by atoms with Crippen molar-refractivity contribution < 1.29 is 4.74 Å². The van der Waals surface area contributed by atoms with Gasteiger partial charge in [0.15, 0.2) is 5.82 Å². The maximum atomic E-state index is 6.04. The lowest BCUT2D eigenvalue weighted by atomic mass is 10.0. The molecule has 0 saturated carbocycles. The van der Waals surface area contributed by atoms with Crippen molar-refractivity contribution in [1.82, 2.24) is 9.97 Å². The number of nitrogens with zero attached hydrogens (tertiary/aromatic N) is 2. The number of rotatable bonds is 1. The summed E-state index contributed by atoms with van der Waals surface area (Å²) in [5.41, 5.74) is 11.5. The van der Waals surface area contributed by atoms with Gasteiger partial charge in [0.2, 0.25) is 0 Å². The van der Waals surface area contributed by atoms with E-state index < -0.39 is 0 Å². The SMILES string of the molecule is Cc1cccc(-c2nc(N)c3c(n2)CCOC3)c1C. The molecule has 0 unspecified atom stereocenters. The summed E-state index contributed by atoms with van der Waals surface area (Å²) in [5.74, 6) is 1.26. The fraction of sp³-hybridized carbons (Fsp3) is 0.333. The van der Waals surface area contributed by atoms with E-state index in [0.29, 0.717) is 19.0 Å². The van der Waals surface area contributed by atoms with E-state index in [1.165, 1.54) is 11.1 Å². The Hall–Kier alpha value is -1.94. The van der Waals surface area contributed by atoms with Crippen LogP contribution in [-0.4, -0.2) is 16.6 Å². The average molecular weight is 255 g/mol. The lowest BCUT2D eigenvalue weighted by Crippen LogP contribution is -2.16. The summed E-state index contributed by atoms with van der Waals surface area (Å²) in [6.45, 7) is 5.41. The van der Waals surface area contributed by atoms with Crippen molar-refractivity contribution in [1.29, 1.82) is 0 Å². The van der Waals surface area contributed by atoms with Crippen molar-refractivity contribution in [3.8, 4) is 11.4 Å². The molecule has 98 valence electrons. The molecule has 2 heterocycles. The predicted molar refractivity (Wildman–Crippen MR) is 74.7 cm³/mol. The number of fused-ring (bicyclic) bond motifs is 1. The van der Waals surface area contributed by atoms with Gasteiger partial charge in [-0.25, -0.2) is 9.97 Å². The summed E-state index contributed by atoms with van der Waals surface area (Å²) in [6.07, 6.45) is 0.805. The first kappa shape index (κ1) is 12.1. The largest absolute Gasteiger partial charge is 0.383 e. The van der Waals surface area contributed by atoms with Crippen molar-refractivity contribution in [3.63, 3.8) is 0 Å². The van der Waals surface area contributed by atoms with Crippen LogP contribution in [0.5, 0.6) is 0 Å². The molecule has 0 aliphatic carbocycles. The van der Waals surface area contributed by atoms with Crippen LogP contribution >= 0.6 is 0 Å². The molecule has 4 heteroatoms. The van der Waals surface area contributed by atoms with Crippen LogP contribution in [0, 0.1) is 13.8 Å². The summed E-state index contributed by atoms with van der Waals surface area (Å²) in [7, 11) is 0. The molecule has 0 amide bonds. The third kappa shape index (κ3) is 2.08. The highest BCUT2D eigenvalue weighted by Crippen LogP contribution is 2.27. The third-order valence-electron chi connectivity index (χ3n) is 3.70. The molecule has 19 heavy (non-hydrogen) atoms. The lowest BCUT2D eigenvalue weighted by molar-refractivity contribution is 0.109. The van der Waals surface area contributed by atoms with Crippen LogP contribution in [0.15, 0.2) is 18.2 Å². The summed E-state index contributed by atoms with van der Waals surface area (Å²) in [4.78, 5) is 9.12. The van der Waals surface area contributed by atoms with Crippen molar-refractivity contribution >= 4 is 5.82 Å². The van der Waals surface area contributed by atoms with Crippen molar-refractivity contribution in [2.45, 2.75) is 26.9 Å². The number of benzene rings is 1. The number of aromatic nitrogens is 2. The molecule has 2 N–H and O–H groups in total. The topological polar surface area (TPSA) is 61.0 Å². The first-order valence-corrected chi connectivity index (χ1v) is 6.46. The Balaban J connectivity index is 2.16. The number of hydrogen-bond donors (Lipinski definition) is 1. The van der Waals surface area contributed by atoms with Gasteiger partial charge < -0.3 is 10.5 Å². The molecule has 1 aliphatic rings. The van der Waals surface area contributed by atoms with Crippen molar-refractivity contribution in [3.05, 3.63) is 40.6 Å². The zero-order valence-corrected chi connectivity index (χ0v) is 11.2. The number of nitrogen functional groups attached to an aromatic ring is 1. The van der Waals surface area contributed by atoms with Gasteiger partial charge in [-0.1, -0.05) is 18.2 Å². The molecule has 1 aliphatic heterocycles. The van der Waals surface area contributed by atoms with Gasteiger partial charge in [-0.3, -0.25) is 0 Å². The van der Waals surface area contributed by atoms with E-state index in [-0.39, 0.29) is 0 Å². The van der Waals surface area contributed by atoms with Gasteiger partial charge in [-0.2, -0.15) is 0 Å². The van der Waals surface area contributed by atoms with E-state index in [1.54, 1.807) is 0 Å². The molecule has 4 nitrogen and oxygen atoms in total. The van der Waals surface area contributed by atoms with Crippen LogP contribution in [-0.2, 0) is 17.8 Å². The maximum Gasteiger partial charge on any atom is 0.162 e. The van der Waals surface area contributed by atoms with Gasteiger partial charge in [0.25, 0.3) is 0 Å². The van der Waals surface area contributed by atoms with E-state index in [2.05, 4.69) is 29.9 Å². The van der Waals surface area contributed by atoms with E-state index in [9.17, 15) is 0 Å². The summed E-state index contributed by atoms with van der Waals surface area (Å²) < 4.78 is 5.41. The summed E-state index contributed by atoms with van der Waals surface area (Å²) >= 11 is 0. The molecule has 0 atom stereocenters. The maximum absolute atomic E-state index is 6.04. The Morgan fingerprint density at radius 3 is 2.89 bits per heavy atom. The third-order valence-corrected chi connectivity index (χ3v) is 3.70. The Kier molecular flexibility index (Phi) is 2.95. The summed E-state index contributed by atoms with van der Waals surface area (Å²) in [6, 6.07) is 6.16. The standard InChI is InChI=1S/C15H17N3O/c1-9-4-3-5-11(10(9)2)15-17-13-6-7-19-8-12(13)14(16)18-15/h3-5H,6-8H2,1-2H3,(H2,16,17,18). The zero-order chi connectivity index (χ0) is 13.4. The molecule has 0 spiro atoms. The van der Waals surface area contributed by atoms with Crippen molar-refractivity contribution in [2.75, 3.05) is 12.3 Å². The van der Waals surface area contributed by atoms with Gasteiger partial charge >= 0.3 is 0 Å². The molecule has 0 bridgehead atoms. The minimum atomic E-state index is 0.522. The number of anilines is 1. The summed E-state index contributed by atoms with van der Waals surface area (Å²) in [5, 5.41) is 0. The van der Waals surface area contributed by atoms with Gasteiger partial charge in [-0.15, -0.1) is 0 Å². The lowest BCUT2D eigenvalue weighted by Gasteiger charge is -2.18. The second-order valence-electron chi connectivity index (χ2n) is 4.91. The molecule has 3 rings (SSSR count). The fourth-order valence-electron chi connectivity index (χ4n) is 2.37. The molecular weight excluding hydrogens is 238 g/mol. The predicted octanol–water partition coefficient (Wildman–Crippen LogP) is 2.42. The van der Waals surface area contributed by atoms with Crippen LogP contribution in [0.2, 0.25) is 0 Å². The van der Waals surface area contributed by atoms with Gasteiger partial charge in [0, 0.05) is 17.5 Å². The minimum Gasteiger partial charge on any atom is -0.383 e. The highest BCUT2D eigenvalue weighted by Gasteiger charge is 2.18. The van der Waals surface area contributed by atoms with Gasteiger partial charge in [0.05, 0.1) is 18.9 Å². The highest BCUT2D eigenvalue weighted by atomic mass is 16.5. The number of ether oxygens (including phenoxy) is 1. The van der Waals surface area contributed by atoms with Crippen LogP contribution in [0.1, 0.15) is 22.4 Å². The Morgan fingerprint density at radius 1 is 1.21 bits per heavy atom. The monoisotopic (exact) mass is 255 g/mol. The van der Waals surface area contributed by atoms with Crippen LogP contribution < -0.4 is 5.73 Å². The molecule has 2 aromatic rings. The first-order chi connectivity index (χ1) is 9.16. The molecular formula is C15H17N3O. The Labute approximate surface area is 112 Å². The molecule has 1 aromatic heterocycles. The van der Waals surface area contributed by atoms with E-state index in [4.69, 9.17) is 10.5 Å². The number of aryl methyl sites for hydroxylation is 1. The Bertz CT molecular complexity index is 638. The molecule has 0 saturated heterocycles. The normalized spacial score (nSPS) is 14.2. The van der Waals surface area contributed by atoms with Crippen molar-refractivity contribution in [2.24, 2.45) is 0 Å². The van der Waals surface area contributed by atoms with Crippen LogP contribution in [0.25, 0.3) is 11.4 Å². The van der Waals surface area contributed by atoms with Gasteiger partial charge in [-0.05, 0) is 25.0 Å². The smallest absolute Gasteiger partial charge is 0.162 e. The average Bonchev–Trinajstić information content (AvgIpc) is 2.42. The highest BCUT2D eigenvalue weighted by molar-refractivity contribution is 5.64. The molecule has 0 radical (unpaired) electrons. The zero-order valence-electron chi connectivity index (χ0n) is 11.2. The quantitative estimate of drug-likeness (QED) is 0.850. The molecule has 0 fully saturated rings. The molecule has 1 aromatic carbocycles. The first-order valence-electron chi connectivity index (χ1n) is 6.46. The second-order valence-corrected chi connectivity index (χ2v) is 4.91. The van der Waals surface area contributed by atoms with E-state index in [0.717, 1.165) is 29.1 Å². The van der Waals surface area contributed by atoms with Gasteiger partial charge in [0.1, 0.15) is 5.82 Å².